The molecule has 2 heterocycles. The minimum atomic E-state index is -2.39. The maximum absolute atomic E-state index is 2.56. The lowest BCUT2D eigenvalue weighted by molar-refractivity contribution is 0.661. The van der Waals surface area contributed by atoms with Gasteiger partial charge >= 0.3 is 0 Å². The molecule has 8 aromatic carbocycles. The number of para-hydroxylation sites is 2. The smallest absolute Gasteiger partial charge is 0.145 e. The molecule has 0 N–H and O–H groups in total. The minimum absolute atomic E-state index is 0.105. The van der Waals surface area contributed by atoms with Gasteiger partial charge in [0.15, 0.2) is 0 Å². The van der Waals surface area contributed by atoms with Gasteiger partial charge in [-0.25, -0.2) is 0 Å². The molecule has 0 fully saturated rings. The van der Waals surface area contributed by atoms with Crippen LogP contribution in [0.4, 0.5) is 0 Å². The maximum Gasteiger partial charge on any atom is 0.145 e. The Bertz CT molecular complexity index is 3080. The van der Waals surface area contributed by atoms with E-state index in [1.807, 2.05) is 0 Å². The van der Waals surface area contributed by atoms with Gasteiger partial charge in [-0.05, 0) is 92.4 Å². The van der Waals surface area contributed by atoms with Crippen LogP contribution in [0, 0.1) is 0 Å². The van der Waals surface area contributed by atoms with Gasteiger partial charge in [-0.2, -0.15) is 0 Å². The van der Waals surface area contributed by atoms with Gasteiger partial charge in [-0.15, -0.1) is 0 Å². The van der Waals surface area contributed by atoms with Crippen molar-refractivity contribution in [3.8, 4) is 22.5 Å². The Kier molecular flexibility index (Phi) is 6.87. The van der Waals surface area contributed by atoms with Crippen molar-refractivity contribution in [2.24, 2.45) is 0 Å². The first kappa shape index (κ1) is 32.0. The largest absolute Gasteiger partial charge is 0.309 e. The molecule has 1 aliphatic carbocycles. The molecule has 0 radical (unpaired) electrons. The van der Waals surface area contributed by atoms with Crippen LogP contribution in [0.3, 0.4) is 0 Å². The van der Waals surface area contributed by atoms with Gasteiger partial charge in [0.05, 0.1) is 22.1 Å². The van der Waals surface area contributed by atoms with E-state index in [2.05, 4.69) is 218 Å². The predicted octanol–water partition coefficient (Wildman–Crippen LogP) is 11.3. The van der Waals surface area contributed by atoms with Crippen LogP contribution in [-0.4, -0.2) is 17.2 Å². The molecule has 0 atom stereocenters. The standard InChI is InChI=1S/C52H40N2Si/c1-52(2)46-25-15-13-23-40(46)43-33-45-42-29-28-39(55(3,37-19-9-5-10-20-37)38-21-11-6-12-22-38)32-50(42)54(51(45)34-47(43)52)36-27-30-49-44(31-36)41-24-14-16-26-48(41)53(49)35-17-7-4-8-18-35/h4-34H,1-3H3. The lowest BCUT2D eigenvalue weighted by atomic mass is 9.82. The Labute approximate surface area is 322 Å². The first-order valence-corrected chi connectivity index (χ1v) is 21.9. The molecule has 3 heteroatoms. The van der Waals surface area contributed by atoms with Crippen LogP contribution in [0.5, 0.6) is 0 Å². The number of fused-ring (bicyclic) bond motifs is 9. The van der Waals surface area contributed by atoms with Gasteiger partial charge in [0, 0.05) is 38.3 Å². The molecule has 0 amide bonds. The van der Waals surface area contributed by atoms with Crippen molar-refractivity contribution in [1.29, 1.82) is 0 Å². The number of benzene rings is 8. The average molecular weight is 721 g/mol. The summed E-state index contributed by atoms with van der Waals surface area (Å²) < 4.78 is 4.97. The molecule has 2 nitrogen and oxygen atoms in total. The lowest BCUT2D eigenvalue weighted by Crippen LogP contribution is -2.64. The molecular formula is C52H40N2Si. The van der Waals surface area contributed by atoms with E-state index in [4.69, 9.17) is 0 Å². The minimum Gasteiger partial charge on any atom is -0.309 e. The van der Waals surface area contributed by atoms with E-state index in [9.17, 15) is 0 Å². The van der Waals surface area contributed by atoms with Crippen LogP contribution in [0.1, 0.15) is 25.0 Å². The Morgan fingerprint density at radius 3 is 1.67 bits per heavy atom. The van der Waals surface area contributed by atoms with Gasteiger partial charge in [0.25, 0.3) is 0 Å². The van der Waals surface area contributed by atoms with Gasteiger partial charge in [-0.1, -0.05) is 154 Å². The first-order valence-electron chi connectivity index (χ1n) is 19.4. The van der Waals surface area contributed by atoms with Crippen molar-refractivity contribution in [2.45, 2.75) is 25.8 Å². The first-order chi connectivity index (χ1) is 26.9. The summed E-state index contributed by atoms with van der Waals surface area (Å²) in [5.41, 5.74) is 12.7. The summed E-state index contributed by atoms with van der Waals surface area (Å²) >= 11 is 0. The Morgan fingerprint density at radius 1 is 0.364 bits per heavy atom. The van der Waals surface area contributed by atoms with Crippen LogP contribution in [-0.2, 0) is 5.41 Å². The van der Waals surface area contributed by atoms with E-state index in [0.717, 1.165) is 0 Å². The molecular weight excluding hydrogens is 681 g/mol. The Balaban J connectivity index is 1.24. The van der Waals surface area contributed by atoms with E-state index in [1.165, 1.54) is 92.8 Å². The summed E-state index contributed by atoms with van der Waals surface area (Å²) in [6.45, 7) is 7.29. The molecule has 0 unspecified atom stereocenters. The highest BCUT2D eigenvalue weighted by molar-refractivity contribution is 7.10. The van der Waals surface area contributed by atoms with E-state index >= 15 is 0 Å². The predicted molar refractivity (Wildman–Crippen MR) is 236 cm³/mol. The van der Waals surface area contributed by atoms with Gasteiger partial charge in [0.1, 0.15) is 8.07 Å². The second-order valence-electron chi connectivity index (χ2n) is 15.9. The second kappa shape index (κ2) is 11.8. The van der Waals surface area contributed by atoms with Gasteiger partial charge < -0.3 is 9.13 Å². The quantitative estimate of drug-likeness (QED) is 0.124. The molecule has 2 aromatic heterocycles. The molecule has 55 heavy (non-hydrogen) atoms. The summed E-state index contributed by atoms with van der Waals surface area (Å²) in [6, 6.07) is 70.4. The fraction of sp³-hybridized carbons (Fsp3) is 0.0769. The topological polar surface area (TPSA) is 9.86 Å². The summed E-state index contributed by atoms with van der Waals surface area (Å²) in [4.78, 5) is 0. The van der Waals surface area contributed by atoms with Crippen LogP contribution in [0.2, 0.25) is 6.55 Å². The third-order valence-electron chi connectivity index (χ3n) is 12.7. The van der Waals surface area contributed by atoms with Crippen LogP contribution in [0.25, 0.3) is 66.1 Å². The van der Waals surface area contributed by atoms with Crippen LogP contribution < -0.4 is 15.6 Å². The van der Waals surface area contributed by atoms with Crippen molar-refractivity contribution < 1.29 is 0 Å². The molecule has 1 aliphatic rings. The summed E-state index contributed by atoms with van der Waals surface area (Å²) in [6.07, 6.45) is 0. The number of rotatable bonds is 5. The number of hydrogen-bond acceptors (Lipinski definition) is 0. The van der Waals surface area contributed by atoms with E-state index in [1.54, 1.807) is 0 Å². The summed E-state index contributed by atoms with van der Waals surface area (Å²) in [7, 11) is -2.39. The van der Waals surface area contributed by atoms with Gasteiger partial charge in [0.2, 0.25) is 0 Å². The normalized spacial score (nSPS) is 13.5. The molecule has 10 aromatic rings. The average Bonchev–Trinajstić information content (AvgIpc) is 3.83. The van der Waals surface area contributed by atoms with Crippen molar-refractivity contribution in [2.75, 3.05) is 0 Å². The zero-order valence-electron chi connectivity index (χ0n) is 31.3. The summed E-state index contributed by atoms with van der Waals surface area (Å²) in [5, 5.41) is 9.32. The molecule has 0 saturated heterocycles. The monoisotopic (exact) mass is 720 g/mol. The van der Waals surface area contributed by atoms with Crippen LogP contribution in [0.15, 0.2) is 188 Å². The molecule has 0 saturated carbocycles. The van der Waals surface area contributed by atoms with Crippen LogP contribution >= 0.6 is 0 Å². The number of aromatic nitrogens is 2. The summed E-state index contributed by atoms with van der Waals surface area (Å²) in [5.74, 6) is 0. The van der Waals surface area contributed by atoms with E-state index in [-0.39, 0.29) is 5.41 Å². The number of hydrogen-bond donors (Lipinski definition) is 0. The fourth-order valence-corrected chi connectivity index (χ4v) is 13.4. The molecule has 0 aliphatic heterocycles. The number of nitrogens with zero attached hydrogens (tertiary/aromatic N) is 2. The lowest BCUT2D eigenvalue weighted by Gasteiger charge is -2.29. The van der Waals surface area contributed by atoms with Crippen molar-refractivity contribution in [1.82, 2.24) is 9.13 Å². The fourth-order valence-electron chi connectivity index (χ4n) is 9.80. The Hall–Kier alpha value is -6.42. The molecule has 262 valence electrons. The zero-order chi connectivity index (χ0) is 36.9. The van der Waals surface area contributed by atoms with Crippen molar-refractivity contribution >= 4 is 67.2 Å². The molecule has 11 rings (SSSR count). The molecule has 0 bridgehead atoms. The molecule has 0 spiro atoms. The zero-order valence-corrected chi connectivity index (χ0v) is 32.3. The van der Waals surface area contributed by atoms with Crippen molar-refractivity contribution in [3.05, 3.63) is 199 Å². The highest BCUT2D eigenvalue weighted by Gasteiger charge is 2.37. The highest BCUT2D eigenvalue weighted by Crippen LogP contribution is 2.51. The van der Waals surface area contributed by atoms with Gasteiger partial charge in [-0.3, -0.25) is 0 Å². The Morgan fingerprint density at radius 2 is 0.927 bits per heavy atom. The third kappa shape index (κ3) is 4.54. The maximum atomic E-state index is 2.56. The van der Waals surface area contributed by atoms with Crippen molar-refractivity contribution in [3.63, 3.8) is 0 Å². The van der Waals surface area contributed by atoms with E-state index in [0.29, 0.717) is 0 Å². The van der Waals surface area contributed by atoms with E-state index < -0.39 is 8.07 Å². The highest BCUT2D eigenvalue weighted by atomic mass is 28.3. The second-order valence-corrected chi connectivity index (χ2v) is 19.9. The third-order valence-corrected chi connectivity index (χ3v) is 17.1. The SMILES string of the molecule is CC1(C)c2ccccc2-c2cc3c4ccc([Si](C)(c5ccccc5)c5ccccc5)cc4n(-c4ccc5c(c4)c4ccccc4n5-c4ccccc4)c3cc21.